The third kappa shape index (κ3) is 7.12. The van der Waals surface area contributed by atoms with Gasteiger partial charge in [0.05, 0.1) is 6.61 Å². The zero-order valence-electron chi connectivity index (χ0n) is 15.7. The second-order valence-electron chi connectivity index (χ2n) is 6.68. The van der Waals surface area contributed by atoms with E-state index in [1.807, 2.05) is 20.8 Å². The highest BCUT2D eigenvalue weighted by atomic mass is 32.1. The Morgan fingerprint density at radius 1 is 1.32 bits per heavy atom. The van der Waals surface area contributed by atoms with Crippen molar-refractivity contribution in [2.45, 2.75) is 66.0 Å². The summed E-state index contributed by atoms with van der Waals surface area (Å²) in [4.78, 5) is 28.0. The Morgan fingerprint density at radius 3 is 2.56 bits per heavy atom. The normalized spacial score (nSPS) is 14.8. The molecule has 0 aliphatic rings. The van der Waals surface area contributed by atoms with Gasteiger partial charge >= 0.3 is 5.97 Å². The van der Waals surface area contributed by atoms with Crippen LogP contribution in [0.4, 0.5) is 0 Å². The number of rotatable bonds is 10. The molecular weight excluding hydrogens is 340 g/mol. The van der Waals surface area contributed by atoms with Crippen LogP contribution >= 0.6 is 11.3 Å². The van der Waals surface area contributed by atoms with Crippen LogP contribution in [0.15, 0.2) is 5.38 Å². The molecule has 0 aliphatic heterocycles. The van der Waals surface area contributed by atoms with Gasteiger partial charge in [-0.15, -0.1) is 11.3 Å². The van der Waals surface area contributed by atoms with Gasteiger partial charge in [-0.2, -0.15) is 0 Å². The van der Waals surface area contributed by atoms with Crippen molar-refractivity contribution in [2.75, 3.05) is 6.61 Å². The number of hydrogen-bond acceptors (Lipinski definition) is 6. The lowest BCUT2D eigenvalue weighted by atomic mass is 9.97. The molecule has 3 atom stereocenters. The second-order valence-corrected chi connectivity index (χ2v) is 7.57. The minimum absolute atomic E-state index is 0.00611. The van der Waals surface area contributed by atoms with Gasteiger partial charge in [0.15, 0.2) is 5.69 Å². The molecule has 6 nitrogen and oxygen atoms in total. The van der Waals surface area contributed by atoms with Crippen LogP contribution in [0, 0.1) is 11.8 Å². The number of carbonyl (C=O) groups is 2. The van der Waals surface area contributed by atoms with Crippen molar-refractivity contribution in [1.82, 2.24) is 10.3 Å². The lowest BCUT2D eigenvalue weighted by molar-refractivity contribution is -0.123. The Kier molecular flexibility index (Phi) is 9.06. The molecule has 0 radical (unpaired) electrons. The van der Waals surface area contributed by atoms with Crippen molar-refractivity contribution in [1.29, 1.82) is 0 Å². The van der Waals surface area contributed by atoms with Crippen molar-refractivity contribution in [2.24, 2.45) is 11.8 Å². The molecule has 1 unspecified atom stereocenters. The van der Waals surface area contributed by atoms with Crippen LogP contribution in [0.25, 0.3) is 0 Å². The Balaban J connectivity index is 2.68. The maximum atomic E-state index is 12.1. The maximum absolute atomic E-state index is 12.1. The lowest BCUT2D eigenvalue weighted by Gasteiger charge is -2.25. The summed E-state index contributed by atoms with van der Waals surface area (Å²) in [6, 6.07) is -0.151. The fraction of sp³-hybridized carbons (Fsp3) is 0.722. The molecule has 0 saturated carbocycles. The standard InChI is InChI=1S/C18H30N2O4S/c1-6-12(5)8-16(22)19-13(11(3)4)9-15(21)17-20-14(10-25-17)18(23)24-7-2/h10-13,15,21H,6-9H2,1-5H3,(H,19,22)/t12-,13?,15+/m0/s1. The van der Waals surface area contributed by atoms with Crippen LogP contribution in [-0.4, -0.2) is 34.6 Å². The zero-order chi connectivity index (χ0) is 19.0. The summed E-state index contributed by atoms with van der Waals surface area (Å²) >= 11 is 1.22. The van der Waals surface area contributed by atoms with Gasteiger partial charge in [-0.3, -0.25) is 4.79 Å². The third-order valence-electron chi connectivity index (χ3n) is 4.15. The van der Waals surface area contributed by atoms with Gasteiger partial charge < -0.3 is 15.2 Å². The molecule has 25 heavy (non-hydrogen) atoms. The smallest absolute Gasteiger partial charge is 0.357 e. The summed E-state index contributed by atoms with van der Waals surface area (Å²) in [5.41, 5.74) is 0.211. The number of hydrogen-bond donors (Lipinski definition) is 2. The van der Waals surface area contributed by atoms with Crippen LogP contribution in [0.1, 0.15) is 75.5 Å². The van der Waals surface area contributed by atoms with Gasteiger partial charge in [-0.25, -0.2) is 9.78 Å². The van der Waals surface area contributed by atoms with E-state index in [1.54, 1.807) is 12.3 Å². The lowest BCUT2D eigenvalue weighted by Crippen LogP contribution is -2.40. The van der Waals surface area contributed by atoms with Gasteiger partial charge in [0.2, 0.25) is 5.91 Å². The highest BCUT2D eigenvalue weighted by Gasteiger charge is 2.24. The Morgan fingerprint density at radius 2 is 2.00 bits per heavy atom. The van der Waals surface area contributed by atoms with E-state index < -0.39 is 12.1 Å². The van der Waals surface area contributed by atoms with Gasteiger partial charge in [0.25, 0.3) is 0 Å². The number of carbonyl (C=O) groups excluding carboxylic acids is 2. The summed E-state index contributed by atoms with van der Waals surface area (Å²) in [5.74, 6) is 0.0370. The summed E-state index contributed by atoms with van der Waals surface area (Å²) in [6.07, 6.45) is 0.974. The Labute approximate surface area is 154 Å². The summed E-state index contributed by atoms with van der Waals surface area (Å²) in [5, 5.41) is 15.5. The van der Waals surface area contributed by atoms with Crippen molar-refractivity contribution in [3.8, 4) is 0 Å². The first-order valence-corrected chi connectivity index (χ1v) is 9.76. The molecule has 1 rings (SSSR count). The number of aromatic nitrogens is 1. The van der Waals surface area contributed by atoms with E-state index in [0.29, 0.717) is 23.8 Å². The van der Waals surface area contributed by atoms with E-state index in [4.69, 9.17) is 4.74 Å². The van der Waals surface area contributed by atoms with E-state index in [1.165, 1.54) is 11.3 Å². The van der Waals surface area contributed by atoms with Crippen LogP contribution in [0.3, 0.4) is 0 Å². The van der Waals surface area contributed by atoms with Gasteiger partial charge in [-0.05, 0) is 18.8 Å². The van der Waals surface area contributed by atoms with Crippen molar-refractivity contribution in [3.05, 3.63) is 16.1 Å². The van der Waals surface area contributed by atoms with Crippen LogP contribution < -0.4 is 5.32 Å². The van der Waals surface area contributed by atoms with E-state index in [0.717, 1.165) is 6.42 Å². The molecule has 0 fully saturated rings. The summed E-state index contributed by atoms with van der Waals surface area (Å²) < 4.78 is 4.91. The molecule has 0 aromatic carbocycles. The minimum Gasteiger partial charge on any atom is -0.461 e. The summed E-state index contributed by atoms with van der Waals surface area (Å²) in [6.45, 7) is 10.1. The molecule has 1 heterocycles. The van der Waals surface area contributed by atoms with Gasteiger partial charge in [0, 0.05) is 24.3 Å². The number of esters is 1. The minimum atomic E-state index is -0.829. The first kappa shape index (κ1) is 21.6. The first-order valence-electron chi connectivity index (χ1n) is 8.88. The number of aliphatic hydroxyl groups is 1. The number of ether oxygens (including phenoxy) is 1. The van der Waals surface area contributed by atoms with Crippen molar-refractivity contribution < 1.29 is 19.4 Å². The fourth-order valence-electron chi connectivity index (χ4n) is 2.31. The average molecular weight is 371 g/mol. The molecular formula is C18H30N2O4S. The number of nitrogens with one attached hydrogen (secondary N) is 1. The molecule has 7 heteroatoms. The Hall–Kier alpha value is -1.47. The quantitative estimate of drug-likeness (QED) is 0.617. The second kappa shape index (κ2) is 10.5. The first-order chi connectivity index (χ1) is 11.8. The zero-order valence-corrected chi connectivity index (χ0v) is 16.6. The van der Waals surface area contributed by atoms with E-state index >= 15 is 0 Å². The number of thiazole rings is 1. The Bertz CT molecular complexity index is 559. The fourth-order valence-corrected chi connectivity index (χ4v) is 3.09. The highest BCUT2D eigenvalue weighted by molar-refractivity contribution is 7.09. The number of aliphatic hydroxyl groups excluding tert-OH is 1. The average Bonchev–Trinajstić information content (AvgIpc) is 3.04. The highest BCUT2D eigenvalue weighted by Crippen LogP contribution is 2.25. The molecule has 0 bridgehead atoms. The number of amides is 1. The van der Waals surface area contributed by atoms with Crippen LogP contribution in [-0.2, 0) is 9.53 Å². The van der Waals surface area contributed by atoms with E-state index in [9.17, 15) is 14.7 Å². The van der Waals surface area contributed by atoms with Gasteiger partial charge in [0.1, 0.15) is 11.1 Å². The predicted octanol–water partition coefficient (Wildman–Crippen LogP) is 3.32. The summed E-state index contributed by atoms with van der Waals surface area (Å²) in [7, 11) is 0. The molecule has 0 saturated heterocycles. The number of nitrogens with zero attached hydrogens (tertiary/aromatic N) is 1. The molecule has 1 aromatic heterocycles. The maximum Gasteiger partial charge on any atom is 0.357 e. The molecule has 1 aromatic rings. The largest absolute Gasteiger partial charge is 0.461 e. The molecule has 142 valence electrons. The molecule has 2 N–H and O–H groups in total. The van der Waals surface area contributed by atoms with Crippen LogP contribution in [0.5, 0.6) is 0 Å². The van der Waals surface area contributed by atoms with Crippen molar-refractivity contribution >= 4 is 23.2 Å². The van der Waals surface area contributed by atoms with Crippen LogP contribution in [0.2, 0.25) is 0 Å². The molecule has 1 amide bonds. The SMILES string of the molecule is CCOC(=O)c1csc([C@H](O)CC(NC(=O)C[C@@H](C)CC)C(C)C)n1. The predicted molar refractivity (Wildman–Crippen MR) is 98.5 cm³/mol. The van der Waals surface area contributed by atoms with Gasteiger partial charge in [-0.1, -0.05) is 34.1 Å². The third-order valence-corrected chi connectivity index (χ3v) is 5.10. The van der Waals surface area contributed by atoms with Crippen molar-refractivity contribution in [3.63, 3.8) is 0 Å². The topological polar surface area (TPSA) is 88.5 Å². The van der Waals surface area contributed by atoms with E-state index in [-0.39, 0.29) is 30.2 Å². The molecule has 0 aliphatic carbocycles. The molecule has 0 spiro atoms. The van der Waals surface area contributed by atoms with E-state index in [2.05, 4.69) is 17.2 Å². The monoisotopic (exact) mass is 370 g/mol.